The Balaban J connectivity index is 0.00000256. The van der Waals surface area contributed by atoms with E-state index in [-0.39, 0.29) is 12.4 Å². The molecule has 0 aliphatic carbocycles. The van der Waals surface area contributed by atoms with Gasteiger partial charge in [0.05, 0.1) is 10.0 Å². The van der Waals surface area contributed by atoms with Gasteiger partial charge < -0.3 is 5.32 Å². The van der Waals surface area contributed by atoms with Crippen LogP contribution in [0.5, 0.6) is 0 Å². The first-order chi connectivity index (χ1) is 7.67. The second kappa shape index (κ2) is 8.62. The van der Waals surface area contributed by atoms with Crippen molar-refractivity contribution in [1.29, 1.82) is 0 Å². The number of nitrogens with zero attached hydrogens (tertiary/aromatic N) is 1. The smallest absolute Gasteiger partial charge is 0.101 e. The second-order valence-corrected chi connectivity index (χ2v) is 4.19. The predicted octanol–water partition coefficient (Wildman–Crippen LogP) is 3.99. The van der Waals surface area contributed by atoms with Gasteiger partial charge in [0, 0.05) is 19.5 Å². The van der Waals surface area contributed by atoms with Gasteiger partial charge in [0.25, 0.3) is 0 Å². The number of halogens is 3. The predicted molar refractivity (Wildman–Crippen MR) is 79.1 cm³/mol. The summed E-state index contributed by atoms with van der Waals surface area (Å²) in [5.41, 5.74) is 1.11. The molecule has 0 aromatic heterocycles. The van der Waals surface area contributed by atoms with Crippen LogP contribution in [0.3, 0.4) is 0 Å². The third-order valence-electron chi connectivity index (χ3n) is 2.09. The minimum absolute atomic E-state index is 0. The standard InChI is InChI=1S/C12H16Cl2N2.ClH/c1-3-15-12(16-4-2)8-9-5-6-10(13)11(14)7-9;/h5-7H,3-4,8H2,1-2H3,(H,15,16);1H. The first-order valence-corrected chi connectivity index (χ1v) is 6.14. The molecule has 0 amide bonds. The van der Waals surface area contributed by atoms with Crippen LogP contribution in [-0.4, -0.2) is 18.9 Å². The Morgan fingerprint density at radius 2 is 1.94 bits per heavy atom. The van der Waals surface area contributed by atoms with Crippen LogP contribution in [-0.2, 0) is 6.42 Å². The lowest BCUT2D eigenvalue weighted by molar-refractivity contribution is 0.922. The summed E-state index contributed by atoms with van der Waals surface area (Å²) >= 11 is 11.8. The number of hydrogen-bond donors (Lipinski definition) is 1. The lowest BCUT2D eigenvalue weighted by Gasteiger charge is -2.08. The molecule has 0 unspecified atom stereocenters. The van der Waals surface area contributed by atoms with Crippen LogP contribution in [0.25, 0.3) is 0 Å². The van der Waals surface area contributed by atoms with Crippen molar-refractivity contribution in [3.63, 3.8) is 0 Å². The number of aliphatic imine (C=N–C) groups is 1. The Bertz CT molecular complexity index is 378. The highest BCUT2D eigenvalue weighted by molar-refractivity contribution is 6.42. The molecule has 0 aliphatic rings. The summed E-state index contributed by atoms with van der Waals surface area (Å²) in [6.07, 6.45) is 0.762. The van der Waals surface area contributed by atoms with Crippen LogP contribution >= 0.6 is 35.6 Å². The molecule has 0 fully saturated rings. The van der Waals surface area contributed by atoms with E-state index in [0.717, 1.165) is 30.9 Å². The zero-order valence-electron chi connectivity index (χ0n) is 9.96. The maximum Gasteiger partial charge on any atom is 0.101 e. The van der Waals surface area contributed by atoms with Gasteiger partial charge in [-0.15, -0.1) is 12.4 Å². The third kappa shape index (κ3) is 5.62. The van der Waals surface area contributed by atoms with Gasteiger partial charge in [-0.3, -0.25) is 4.99 Å². The van der Waals surface area contributed by atoms with Gasteiger partial charge in [-0.25, -0.2) is 0 Å². The molecule has 96 valence electrons. The molecule has 0 atom stereocenters. The quantitative estimate of drug-likeness (QED) is 0.659. The van der Waals surface area contributed by atoms with Gasteiger partial charge in [-0.2, -0.15) is 0 Å². The second-order valence-electron chi connectivity index (χ2n) is 3.38. The van der Waals surface area contributed by atoms with Crippen LogP contribution in [0, 0.1) is 0 Å². The Labute approximate surface area is 119 Å². The number of nitrogens with one attached hydrogen (secondary N) is 1. The number of benzene rings is 1. The summed E-state index contributed by atoms with van der Waals surface area (Å²) in [6, 6.07) is 5.66. The zero-order valence-corrected chi connectivity index (χ0v) is 12.3. The number of hydrogen-bond acceptors (Lipinski definition) is 1. The van der Waals surface area contributed by atoms with Crippen molar-refractivity contribution in [3.8, 4) is 0 Å². The summed E-state index contributed by atoms with van der Waals surface area (Å²) in [7, 11) is 0. The van der Waals surface area contributed by atoms with Gasteiger partial charge in [0.15, 0.2) is 0 Å². The van der Waals surface area contributed by atoms with Crippen molar-refractivity contribution >= 4 is 41.4 Å². The molecule has 1 rings (SSSR count). The summed E-state index contributed by atoms with van der Waals surface area (Å²) in [4.78, 5) is 4.39. The zero-order chi connectivity index (χ0) is 12.0. The van der Waals surface area contributed by atoms with Crippen LogP contribution < -0.4 is 5.32 Å². The van der Waals surface area contributed by atoms with Gasteiger partial charge in [-0.1, -0.05) is 29.3 Å². The Morgan fingerprint density at radius 1 is 1.24 bits per heavy atom. The summed E-state index contributed by atoms with van der Waals surface area (Å²) in [5, 5.41) is 4.42. The molecule has 1 aromatic rings. The van der Waals surface area contributed by atoms with Gasteiger partial charge >= 0.3 is 0 Å². The molecule has 0 spiro atoms. The van der Waals surface area contributed by atoms with Crippen molar-refractivity contribution < 1.29 is 0 Å². The molecule has 0 heterocycles. The van der Waals surface area contributed by atoms with E-state index in [1.165, 1.54) is 0 Å². The van der Waals surface area contributed by atoms with Crippen LogP contribution in [0.15, 0.2) is 23.2 Å². The van der Waals surface area contributed by atoms with Crippen molar-refractivity contribution in [2.75, 3.05) is 13.1 Å². The van der Waals surface area contributed by atoms with E-state index in [4.69, 9.17) is 23.2 Å². The Hall–Kier alpha value is -0.440. The van der Waals surface area contributed by atoms with Gasteiger partial charge in [-0.05, 0) is 31.5 Å². The van der Waals surface area contributed by atoms with Crippen LogP contribution in [0.4, 0.5) is 0 Å². The highest BCUT2D eigenvalue weighted by Crippen LogP contribution is 2.22. The largest absolute Gasteiger partial charge is 0.374 e. The minimum atomic E-state index is 0. The molecule has 2 nitrogen and oxygen atoms in total. The fourth-order valence-electron chi connectivity index (χ4n) is 1.41. The number of likely N-dealkylation sites (N-methyl/N-ethyl adjacent to an activating group) is 1. The SMILES string of the molecule is CC/N=C(/Cc1ccc(Cl)c(Cl)c1)NCC.Cl. The lowest BCUT2D eigenvalue weighted by atomic mass is 10.1. The van der Waals surface area contributed by atoms with E-state index in [9.17, 15) is 0 Å². The molecule has 17 heavy (non-hydrogen) atoms. The summed E-state index contributed by atoms with van der Waals surface area (Å²) < 4.78 is 0. The number of rotatable bonds is 4. The molecular formula is C12H17Cl3N2. The van der Waals surface area contributed by atoms with Crippen molar-refractivity contribution in [2.45, 2.75) is 20.3 Å². The molecule has 5 heteroatoms. The Kier molecular flexibility index (Phi) is 8.40. The first-order valence-electron chi connectivity index (χ1n) is 5.38. The monoisotopic (exact) mass is 294 g/mol. The van der Waals surface area contributed by atoms with Gasteiger partial charge in [0.2, 0.25) is 0 Å². The van der Waals surface area contributed by atoms with E-state index in [1.54, 1.807) is 0 Å². The number of amidine groups is 1. The van der Waals surface area contributed by atoms with Crippen LogP contribution in [0.1, 0.15) is 19.4 Å². The van der Waals surface area contributed by atoms with Crippen molar-refractivity contribution in [2.24, 2.45) is 4.99 Å². The normalized spacial score (nSPS) is 10.9. The van der Waals surface area contributed by atoms with E-state index in [1.807, 2.05) is 25.1 Å². The average molecular weight is 296 g/mol. The molecule has 0 aliphatic heterocycles. The highest BCUT2D eigenvalue weighted by atomic mass is 35.5. The molecule has 1 N–H and O–H groups in total. The molecule has 0 saturated carbocycles. The summed E-state index contributed by atoms with van der Waals surface area (Å²) in [6.45, 7) is 5.73. The topological polar surface area (TPSA) is 24.4 Å². The maximum absolute atomic E-state index is 5.96. The maximum atomic E-state index is 5.96. The fourth-order valence-corrected chi connectivity index (χ4v) is 1.73. The first kappa shape index (κ1) is 16.6. The molecule has 0 radical (unpaired) electrons. The Morgan fingerprint density at radius 3 is 2.47 bits per heavy atom. The molecular weight excluding hydrogens is 279 g/mol. The van der Waals surface area contributed by atoms with E-state index >= 15 is 0 Å². The van der Waals surface area contributed by atoms with E-state index in [2.05, 4.69) is 17.2 Å². The molecule has 0 bridgehead atoms. The average Bonchev–Trinajstić information content (AvgIpc) is 2.24. The van der Waals surface area contributed by atoms with Gasteiger partial charge in [0.1, 0.15) is 5.84 Å². The van der Waals surface area contributed by atoms with E-state index < -0.39 is 0 Å². The fraction of sp³-hybridized carbons (Fsp3) is 0.417. The van der Waals surface area contributed by atoms with Crippen LogP contribution in [0.2, 0.25) is 10.0 Å². The van der Waals surface area contributed by atoms with Crippen molar-refractivity contribution in [3.05, 3.63) is 33.8 Å². The summed E-state index contributed by atoms with van der Waals surface area (Å²) in [5.74, 6) is 0.989. The molecule has 1 aromatic carbocycles. The van der Waals surface area contributed by atoms with Crippen molar-refractivity contribution in [1.82, 2.24) is 5.32 Å². The molecule has 0 saturated heterocycles. The third-order valence-corrected chi connectivity index (χ3v) is 2.82. The minimum Gasteiger partial charge on any atom is -0.374 e. The lowest BCUT2D eigenvalue weighted by Crippen LogP contribution is -2.25. The highest BCUT2D eigenvalue weighted by Gasteiger charge is 2.03. The van der Waals surface area contributed by atoms with E-state index in [0.29, 0.717) is 10.0 Å².